The van der Waals surface area contributed by atoms with Crippen LogP contribution in [0.1, 0.15) is 18.5 Å². The van der Waals surface area contributed by atoms with Crippen LogP contribution in [-0.2, 0) is 7.05 Å². The van der Waals surface area contributed by atoms with Gasteiger partial charge in [0.15, 0.2) is 10.8 Å². The van der Waals surface area contributed by atoms with Gasteiger partial charge in [-0.2, -0.15) is 5.10 Å². The first-order valence-corrected chi connectivity index (χ1v) is 7.89. The number of aryl methyl sites for hydroxylation is 2. The van der Waals surface area contributed by atoms with Gasteiger partial charge in [-0.05, 0) is 32.9 Å². The summed E-state index contributed by atoms with van der Waals surface area (Å²) in [4.78, 5) is 6.84. The van der Waals surface area contributed by atoms with Crippen LogP contribution < -0.4 is 5.32 Å². The van der Waals surface area contributed by atoms with E-state index in [-0.39, 0.29) is 6.10 Å². The number of aliphatic hydroxyl groups excluding tert-OH is 1. The molecule has 2 aromatic rings. The lowest BCUT2D eigenvalue weighted by Crippen LogP contribution is -2.34. The second-order valence-corrected chi connectivity index (χ2v) is 6.42. The van der Waals surface area contributed by atoms with Crippen molar-refractivity contribution in [2.75, 3.05) is 31.5 Å². The minimum Gasteiger partial charge on any atom is -0.390 e. The summed E-state index contributed by atoms with van der Waals surface area (Å²) < 4.78 is 2.91. The predicted molar refractivity (Wildman–Crippen MR) is 81.3 cm³/mol. The third-order valence-corrected chi connectivity index (χ3v) is 4.81. The fourth-order valence-electron chi connectivity index (χ4n) is 2.69. The molecule has 0 radical (unpaired) electrons. The Kier molecular flexibility index (Phi) is 3.91. The van der Waals surface area contributed by atoms with Crippen LogP contribution >= 0.6 is 11.3 Å². The number of aliphatic hydroxyl groups is 1. The Morgan fingerprint density at radius 2 is 2.15 bits per heavy atom. The monoisotopic (exact) mass is 295 g/mol. The van der Waals surface area contributed by atoms with Crippen LogP contribution in [0.4, 0.5) is 5.13 Å². The molecule has 2 aromatic heterocycles. The Morgan fingerprint density at radius 1 is 1.40 bits per heavy atom. The molecule has 1 aliphatic heterocycles. The third-order valence-electron chi connectivity index (χ3n) is 3.70. The molecule has 2 N–H and O–H groups in total. The summed E-state index contributed by atoms with van der Waals surface area (Å²) in [5.74, 6) is 0. The Labute approximate surface area is 122 Å². The first-order chi connectivity index (χ1) is 9.63. The van der Waals surface area contributed by atoms with Crippen molar-refractivity contribution in [1.29, 1.82) is 0 Å². The van der Waals surface area contributed by atoms with Crippen LogP contribution in [-0.4, -0.2) is 57.1 Å². The maximum atomic E-state index is 10.1. The summed E-state index contributed by atoms with van der Waals surface area (Å²) in [6, 6.07) is 0. The highest BCUT2D eigenvalue weighted by Gasteiger charge is 2.16. The van der Waals surface area contributed by atoms with E-state index in [2.05, 4.69) is 20.3 Å². The fourth-order valence-corrected chi connectivity index (χ4v) is 3.63. The number of anilines is 1. The van der Waals surface area contributed by atoms with Crippen LogP contribution in [0, 0.1) is 6.92 Å². The normalized spacial score (nSPS) is 17.9. The number of hydrogen-bond acceptors (Lipinski definition) is 6. The largest absolute Gasteiger partial charge is 0.390 e. The lowest BCUT2D eigenvalue weighted by atomic mass is 10.3. The highest BCUT2D eigenvalue weighted by atomic mass is 32.1. The molecule has 0 aliphatic carbocycles. The van der Waals surface area contributed by atoms with Gasteiger partial charge in [0.1, 0.15) is 0 Å². The topological polar surface area (TPSA) is 66.2 Å². The molecule has 3 heterocycles. The summed E-state index contributed by atoms with van der Waals surface area (Å²) in [6.07, 6.45) is 2.16. The molecule has 110 valence electrons. The molecule has 1 unspecified atom stereocenters. The van der Waals surface area contributed by atoms with E-state index >= 15 is 0 Å². The van der Waals surface area contributed by atoms with Gasteiger partial charge in [0.2, 0.25) is 0 Å². The van der Waals surface area contributed by atoms with E-state index < -0.39 is 0 Å². The van der Waals surface area contributed by atoms with Gasteiger partial charge in [-0.25, -0.2) is 9.67 Å². The van der Waals surface area contributed by atoms with Crippen molar-refractivity contribution >= 4 is 26.8 Å². The summed E-state index contributed by atoms with van der Waals surface area (Å²) in [7, 11) is 1.90. The van der Waals surface area contributed by atoms with Gasteiger partial charge < -0.3 is 15.3 Å². The average molecular weight is 295 g/mol. The Balaban J connectivity index is 1.57. The van der Waals surface area contributed by atoms with E-state index in [0.29, 0.717) is 6.54 Å². The molecule has 6 nitrogen and oxygen atoms in total. The van der Waals surface area contributed by atoms with E-state index in [4.69, 9.17) is 0 Å². The molecule has 0 saturated carbocycles. The van der Waals surface area contributed by atoms with Gasteiger partial charge in [-0.3, -0.25) is 0 Å². The van der Waals surface area contributed by atoms with Crippen molar-refractivity contribution in [3.63, 3.8) is 0 Å². The number of aromatic nitrogens is 3. The Bertz CT molecular complexity index is 552. The number of rotatable bonds is 5. The maximum absolute atomic E-state index is 10.1. The van der Waals surface area contributed by atoms with E-state index in [1.54, 1.807) is 16.0 Å². The predicted octanol–water partition coefficient (Wildman–Crippen LogP) is 1.21. The summed E-state index contributed by atoms with van der Waals surface area (Å²) in [6.45, 7) is 5.51. The highest BCUT2D eigenvalue weighted by Crippen LogP contribution is 2.27. The summed E-state index contributed by atoms with van der Waals surface area (Å²) in [5, 5.41) is 18.5. The number of likely N-dealkylation sites (tertiary alicyclic amines) is 1. The second-order valence-electron chi connectivity index (χ2n) is 5.42. The van der Waals surface area contributed by atoms with Crippen LogP contribution in [0.2, 0.25) is 0 Å². The van der Waals surface area contributed by atoms with Crippen molar-refractivity contribution in [3.05, 3.63) is 5.69 Å². The van der Waals surface area contributed by atoms with Gasteiger partial charge in [0, 0.05) is 20.1 Å². The van der Waals surface area contributed by atoms with Crippen molar-refractivity contribution in [1.82, 2.24) is 19.7 Å². The zero-order chi connectivity index (χ0) is 14.1. The zero-order valence-electron chi connectivity index (χ0n) is 12.0. The van der Waals surface area contributed by atoms with Crippen LogP contribution in [0.15, 0.2) is 0 Å². The Morgan fingerprint density at radius 3 is 2.85 bits per heavy atom. The molecule has 1 atom stereocenters. The molecule has 1 saturated heterocycles. The highest BCUT2D eigenvalue weighted by molar-refractivity contribution is 7.22. The van der Waals surface area contributed by atoms with Crippen molar-refractivity contribution in [2.24, 2.45) is 7.05 Å². The van der Waals surface area contributed by atoms with E-state index in [0.717, 1.165) is 40.8 Å². The quantitative estimate of drug-likeness (QED) is 0.868. The van der Waals surface area contributed by atoms with Crippen molar-refractivity contribution < 1.29 is 5.11 Å². The van der Waals surface area contributed by atoms with E-state index in [1.807, 2.05) is 14.0 Å². The average Bonchev–Trinajstić information content (AvgIpc) is 3.08. The molecular weight excluding hydrogens is 274 g/mol. The first-order valence-electron chi connectivity index (χ1n) is 7.08. The lowest BCUT2D eigenvalue weighted by Gasteiger charge is -2.19. The molecule has 3 rings (SSSR count). The number of thiazole rings is 1. The molecule has 1 fully saturated rings. The number of β-amino-alcohol motifs (C(OH)–C–C–N with tert-alkyl or cyclic N) is 1. The summed E-state index contributed by atoms with van der Waals surface area (Å²) >= 11 is 1.60. The van der Waals surface area contributed by atoms with Gasteiger partial charge >= 0.3 is 0 Å². The molecule has 0 amide bonds. The van der Waals surface area contributed by atoms with E-state index in [9.17, 15) is 5.11 Å². The van der Waals surface area contributed by atoms with Crippen LogP contribution in [0.3, 0.4) is 0 Å². The number of nitrogens with zero attached hydrogens (tertiary/aromatic N) is 4. The van der Waals surface area contributed by atoms with Gasteiger partial charge in [0.05, 0.1) is 16.5 Å². The zero-order valence-corrected chi connectivity index (χ0v) is 12.8. The maximum Gasteiger partial charge on any atom is 0.185 e. The first kappa shape index (κ1) is 13.8. The van der Waals surface area contributed by atoms with Crippen molar-refractivity contribution in [2.45, 2.75) is 25.9 Å². The van der Waals surface area contributed by atoms with Crippen molar-refractivity contribution in [3.8, 4) is 0 Å². The Hall–Kier alpha value is -1.18. The molecule has 20 heavy (non-hydrogen) atoms. The SMILES string of the molecule is Cc1nn(C)c2nc(NCC(O)CN3CCCC3)sc12. The van der Waals surface area contributed by atoms with Gasteiger partial charge in [-0.1, -0.05) is 11.3 Å². The van der Waals surface area contributed by atoms with E-state index in [1.165, 1.54) is 12.8 Å². The molecule has 0 spiro atoms. The molecular formula is C13H21N5OS. The fraction of sp³-hybridized carbons (Fsp3) is 0.692. The minimum atomic E-state index is -0.348. The minimum absolute atomic E-state index is 0.348. The smallest absolute Gasteiger partial charge is 0.185 e. The third kappa shape index (κ3) is 2.79. The van der Waals surface area contributed by atoms with Crippen LogP contribution in [0.5, 0.6) is 0 Å². The molecule has 0 aromatic carbocycles. The lowest BCUT2D eigenvalue weighted by molar-refractivity contribution is 0.135. The molecule has 1 aliphatic rings. The number of nitrogens with one attached hydrogen (secondary N) is 1. The molecule has 7 heteroatoms. The van der Waals surface area contributed by atoms with Gasteiger partial charge in [0.25, 0.3) is 0 Å². The number of fused-ring (bicyclic) bond motifs is 1. The standard InChI is InChI=1S/C13H21N5OS/c1-9-11-12(17(2)16-9)15-13(20-11)14-7-10(19)8-18-5-3-4-6-18/h10,19H,3-8H2,1-2H3,(H,14,15). The second kappa shape index (κ2) is 5.67. The molecule has 0 bridgehead atoms. The number of hydrogen-bond donors (Lipinski definition) is 2. The van der Waals surface area contributed by atoms with Crippen LogP contribution in [0.25, 0.3) is 10.3 Å². The summed E-state index contributed by atoms with van der Waals surface area (Å²) in [5.41, 5.74) is 1.91. The van der Waals surface area contributed by atoms with Gasteiger partial charge in [-0.15, -0.1) is 0 Å².